The summed E-state index contributed by atoms with van der Waals surface area (Å²) < 4.78 is 0. The number of amidine groups is 1. The van der Waals surface area contributed by atoms with Gasteiger partial charge in [-0.05, 0) is 42.7 Å². The zero-order valence-corrected chi connectivity index (χ0v) is 12.7. The molecule has 0 aliphatic carbocycles. The van der Waals surface area contributed by atoms with Crippen molar-refractivity contribution >= 4 is 45.6 Å². The van der Waals surface area contributed by atoms with Gasteiger partial charge in [-0.1, -0.05) is 48.2 Å². The quantitative estimate of drug-likeness (QED) is 0.520. The van der Waals surface area contributed by atoms with Crippen LogP contribution in [0.3, 0.4) is 0 Å². The fraction of sp³-hybridized carbons (Fsp3) is 0.0667. The molecule has 0 amide bonds. The lowest BCUT2D eigenvalue weighted by molar-refractivity contribution is 1.40. The molecule has 102 valence electrons. The second-order valence-corrected chi connectivity index (χ2v) is 5.13. The number of nitrogens with zero attached hydrogens (tertiary/aromatic N) is 2. The molecule has 0 bridgehead atoms. The van der Waals surface area contributed by atoms with Crippen LogP contribution in [-0.4, -0.2) is 16.5 Å². The first-order valence-electron chi connectivity index (χ1n) is 6.04. The summed E-state index contributed by atoms with van der Waals surface area (Å²) in [4.78, 5) is 6.38. The lowest BCUT2D eigenvalue weighted by atomic mass is 10.3. The average Bonchev–Trinajstić information content (AvgIpc) is 2.48. The van der Waals surface area contributed by atoms with Crippen molar-refractivity contribution in [1.29, 1.82) is 0 Å². The summed E-state index contributed by atoms with van der Waals surface area (Å²) >= 11 is 6.67. The van der Waals surface area contributed by atoms with E-state index in [2.05, 4.69) is 4.99 Å². The molecule has 0 atom stereocenters. The molecular weight excluding hydrogens is 286 g/mol. The van der Waals surface area contributed by atoms with Gasteiger partial charge in [-0.2, -0.15) is 0 Å². The molecule has 5 heteroatoms. The number of hydrogen-bond acceptors (Lipinski definition) is 3. The highest BCUT2D eigenvalue weighted by molar-refractivity contribution is 8.13. The van der Waals surface area contributed by atoms with Crippen molar-refractivity contribution in [2.45, 2.75) is 0 Å². The second kappa shape index (κ2) is 7.07. The summed E-state index contributed by atoms with van der Waals surface area (Å²) in [6.07, 6.45) is 1.95. The summed E-state index contributed by atoms with van der Waals surface area (Å²) in [6.45, 7) is 0. The number of para-hydroxylation sites is 2. The third-order valence-corrected chi connectivity index (χ3v) is 3.41. The predicted molar refractivity (Wildman–Crippen MR) is 92.8 cm³/mol. The van der Waals surface area contributed by atoms with Gasteiger partial charge in [0.2, 0.25) is 0 Å². The molecule has 0 saturated carbocycles. The summed E-state index contributed by atoms with van der Waals surface area (Å²) in [5.41, 5.74) is 7.64. The van der Waals surface area contributed by atoms with Crippen LogP contribution in [0.1, 0.15) is 0 Å². The molecule has 2 N–H and O–H groups in total. The van der Waals surface area contributed by atoms with Crippen molar-refractivity contribution in [3.05, 3.63) is 60.7 Å². The van der Waals surface area contributed by atoms with Gasteiger partial charge in [-0.25, -0.2) is 4.99 Å². The summed E-state index contributed by atoms with van der Waals surface area (Å²) in [5, 5.41) is 1.02. The van der Waals surface area contributed by atoms with Crippen LogP contribution in [0.25, 0.3) is 0 Å². The fourth-order valence-corrected chi connectivity index (χ4v) is 2.54. The van der Waals surface area contributed by atoms with E-state index >= 15 is 0 Å². The van der Waals surface area contributed by atoms with Gasteiger partial charge in [-0.15, -0.1) is 0 Å². The highest BCUT2D eigenvalue weighted by Gasteiger charge is 2.15. The minimum absolute atomic E-state index is 0.278. The third kappa shape index (κ3) is 3.59. The van der Waals surface area contributed by atoms with Gasteiger partial charge in [-0.3, -0.25) is 4.90 Å². The van der Waals surface area contributed by atoms with E-state index in [9.17, 15) is 0 Å². The van der Waals surface area contributed by atoms with Crippen LogP contribution in [0, 0.1) is 0 Å². The number of hydrogen-bond donors (Lipinski definition) is 1. The van der Waals surface area contributed by atoms with Gasteiger partial charge < -0.3 is 5.73 Å². The molecule has 0 unspecified atom stereocenters. The SMILES string of the molecule is CSC(=Nc1ccccc1)N(C(N)=S)c1ccccc1. The number of benzene rings is 2. The van der Waals surface area contributed by atoms with E-state index in [4.69, 9.17) is 18.0 Å². The second-order valence-electron chi connectivity index (χ2n) is 3.94. The molecule has 2 aromatic carbocycles. The maximum Gasteiger partial charge on any atom is 0.177 e. The Labute approximate surface area is 128 Å². The molecule has 0 heterocycles. The van der Waals surface area contributed by atoms with E-state index in [-0.39, 0.29) is 5.11 Å². The van der Waals surface area contributed by atoms with Crippen molar-refractivity contribution in [2.75, 3.05) is 11.2 Å². The molecular formula is C15H15N3S2. The third-order valence-electron chi connectivity index (χ3n) is 2.59. The Morgan fingerprint density at radius 2 is 1.60 bits per heavy atom. The molecule has 0 fully saturated rings. The Balaban J connectivity index is 2.41. The summed E-state index contributed by atoms with van der Waals surface area (Å²) in [6, 6.07) is 19.5. The Morgan fingerprint density at radius 3 is 2.10 bits per heavy atom. The van der Waals surface area contributed by atoms with Crippen molar-refractivity contribution in [3.63, 3.8) is 0 Å². The molecule has 0 radical (unpaired) electrons. The van der Waals surface area contributed by atoms with Gasteiger partial charge in [0.1, 0.15) is 0 Å². The highest BCUT2D eigenvalue weighted by atomic mass is 32.2. The number of thioether (sulfide) groups is 1. The smallest absolute Gasteiger partial charge is 0.177 e. The fourth-order valence-electron chi connectivity index (χ4n) is 1.71. The maximum atomic E-state index is 5.86. The average molecular weight is 301 g/mol. The minimum Gasteiger partial charge on any atom is -0.376 e. The van der Waals surface area contributed by atoms with Crippen LogP contribution < -0.4 is 10.6 Å². The van der Waals surface area contributed by atoms with Crippen LogP contribution in [0.4, 0.5) is 11.4 Å². The van der Waals surface area contributed by atoms with Crippen molar-refractivity contribution < 1.29 is 0 Å². The first kappa shape index (κ1) is 14.6. The molecule has 0 saturated heterocycles. The Bertz CT molecular complexity index is 597. The molecule has 2 rings (SSSR count). The zero-order valence-electron chi connectivity index (χ0n) is 11.1. The van der Waals surface area contributed by atoms with Crippen molar-refractivity contribution in [2.24, 2.45) is 10.7 Å². The number of rotatable bonds is 2. The number of aliphatic imine (C=N–C) groups is 1. The van der Waals surface area contributed by atoms with Crippen LogP contribution in [0.15, 0.2) is 65.7 Å². The largest absolute Gasteiger partial charge is 0.376 e. The molecule has 3 nitrogen and oxygen atoms in total. The van der Waals surface area contributed by atoms with E-state index in [1.165, 1.54) is 11.8 Å². The number of thiocarbonyl (C=S) groups is 1. The van der Waals surface area contributed by atoms with Gasteiger partial charge >= 0.3 is 0 Å². The van der Waals surface area contributed by atoms with E-state index < -0.39 is 0 Å². The monoisotopic (exact) mass is 301 g/mol. The normalized spacial score (nSPS) is 11.2. The standard InChI is InChI=1S/C15H15N3S2/c1-20-15(17-12-8-4-2-5-9-12)18(14(16)19)13-10-6-3-7-11-13/h2-11H,1H3,(H2,16,19). The predicted octanol–water partition coefficient (Wildman–Crippen LogP) is 3.79. The van der Waals surface area contributed by atoms with E-state index in [0.717, 1.165) is 16.5 Å². The number of anilines is 1. The van der Waals surface area contributed by atoms with Crippen molar-refractivity contribution in [1.82, 2.24) is 0 Å². The highest BCUT2D eigenvalue weighted by Crippen LogP contribution is 2.21. The van der Waals surface area contributed by atoms with Gasteiger partial charge in [0.15, 0.2) is 10.3 Å². The van der Waals surface area contributed by atoms with Crippen LogP contribution in [0.2, 0.25) is 0 Å². The van der Waals surface area contributed by atoms with Gasteiger partial charge in [0.05, 0.1) is 11.4 Å². The van der Waals surface area contributed by atoms with Crippen molar-refractivity contribution in [3.8, 4) is 0 Å². The summed E-state index contributed by atoms with van der Waals surface area (Å²) in [7, 11) is 0. The van der Waals surface area contributed by atoms with Gasteiger partial charge in [0, 0.05) is 0 Å². The first-order valence-corrected chi connectivity index (χ1v) is 7.68. The van der Waals surface area contributed by atoms with E-state index in [0.29, 0.717) is 0 Å². The van der Waals surface area contributed by atoms with Crippen LogP contribution >= 0.6 is 24.0 Å². The minimum atomic E-state index is 0.278. The lowest BCUT2D eigenvalue weighted by Gasteiger charge is -2.23. The summed E-state index contributed by atoms with van der Waals surface area (Å²) in [5.74, 6) is 0. The van der Waals surface area contributed by atoms with E-state index in [1.54, 1.807) is 4.90 Å². The molecule has 0 aliphatic heterocycles. The Hall–Kier alpha value is -1.85. The number of nitrogens with two attached hydrogens (primary N) is 1. The first-order chi connectivity index (χ1) is 9.72. The van der Waals surface area contributed by atoms with Gasteiger partial charge in [0.25, 0.3) is 0 Å². The molecule has 20 heavy (non-hydrogen) atoms. The topological polar surface area (TPSA) is 41.6 Å². The van der Waals surface area contributed by atoms with Crippen LogP contribution in [0.5, 0.6) is 0 Å². The molecule has 0 spiro atoms. The lowest BCUT2D eigenvalue weighted by Crippen LogP contribution is -2.39. The molecule has 0 aliphatic rings. The Kier molecular flexibility index (Phi) is 5.15. The zero-order chi connectivity index (χ0) is 14.4. The van der Waals surface area contributed by atoms with Crippen LogP contribution in [-0.2, 0) is 0 Å². The van der Waals surface area contributed by atoms with E-state index in [1.807, 2.05) is 66.9 Å². The molecule has 0 aromatic heterocycles. The maximum absolute atomic E-state index is 5.86. The Morgan fingerprint density at radius 1 is 1.05 bits per heavy atom. The molecule has 2 aromatic rings.